The molecular weight excluding hydrogens is 370 g/mol. The number of rotatable bonds is 8. The highest BCUT2D eigenvalue weighted by atomic mass is 16.5. The van der Waals surface area contributed by atoms with Crippen LogP contribution in [0.25, 0.3) is 6.08 Å². The predicted octanol–water partition coefficient (Wildman–Crippen LogP) is 2.65. The first-order valence-electron chi connectivity index (χ1n) is 9.91. The summed E-state index contributed by atoms with van der Waals surface area (Å²) < 4.78 is 13.1. The molecular formula is C22H29N3O4. The summed E-state index contributed by atoms with van der Waals surface area (Å²) in [6.45, 7) is 4.70. The molecule has 1 amide bonds. The highest BCUT2D eigenvalue weighted by Crippen LogP contribution is 2.30. The van der Waals surface area contributed by atoms with Crippen molar-refractivity contribution < 1.29 is 19.4 Å². The predicted molar refractivity (Wildman–Crippen MR) is 111 cm³/mol. The number of imidazole rings is 1. The van der Waals surface area contributed by atoms with Crippen LogP contribution in [0.4, 0.5) is 0 Å². The number of ether oxygens (including phenoxy) is 2. The van der Waals surface area contributed by atoms with Crippen molar-refractivity contribution in [2.45, 2.75) is 51.5 Å². The number of aromatic nitrogens is 2. The summed E-state index contributed by atoms with van der Waals surface area (Å²) in [7, 11) is 1.59. The van der Waals surface area contributed by atoms with Gasteiger partial charge in [-0.2, -0.15) is 0 Å². The van der Waals surface area contributed by atoms with Crippen molar-refractivity contribution in [2.75, 3.05) is 7.11 Å². The molecule has 0 aliphatic heterocycles. The Hall–Kier alpha value is -2.80. The van der Waals surface area contributed by atoms with Crippen LogP contribution in [0.5, 0.6) is 11.5 Å². The number of hydrogen-bond donors (Lipinski definition) is 2. The number of carbonyl (C=O) groups is 1. The van der Waals surface area contributed by atoms with Crippen molar-refractivity contribution in [3.8, 4) is 11.5 Å². The third-order valence-corrected chi connectivity index (χ3v) is 4.96. The fourth-order valence-electron chi connectivity index (χ4n) is 3.66. The van der Waals surface area contributed by atoms with Crippen molar-refractivity contribution in [3.05, 3.63) is 48.6 Å². The molecule has 1 aliphatic rings. The smallest absolute Gasteiger partial charge is 0.244 e. The van der Waals surface area contributed by atoms with E-state index in [1.165, 1.54) is 6.08 Å². The Morgan fingerprint density at radius 2 is 2.21 bits per heavy atom. The molecule has 0 saturated heterocycles. The molecule has 2 N–H and O–H groups in total. The van der Waals surface area contributed by atoms with E-state index in [1.54, 1.807) is 25.7 Å². The average molecular weight is 399 g/mol. The van der Waals surface area contributed by atoms with Gasteiger partial charge in [-0.1, -0.05) is 6.07 Å². The summed E-state index contributed by atoms with van der Waals surface area (Å²) in [5.74, 6) is 1.38. The van der Waals surface area contributed by atoms with Crippen molar-refractivity contribution in [1.82, 2.24) is 14.9 Å². The lowest BCUT2D eigenvalue weighted by Gasteiger charge is -2.15. The minimum atomic E-state index is -0.534. The number of aliphatic hydroxyl groups excluding tert-OH is 1. The van der Waals surface area contributed by atoms with Crippen molar-refractivity contribution in [2.24, 2.45) is 5.92 Å². The number of nitrogens with zero attached hydrogens (tertiary/aromatic N) is 2. The molecule has 1 fully saturated rings. The molecule has 3 atom stereocenters. The molecule has 1 saturated carbocycles. The first-order chi connectivity index (χ1) is 13.9. The molecule has 1 unspecified atom stereocenters. The van der Waals surface area contributed by atoms with E-state index in [0.29, 0.717) is 23.8 Å². The van der Waals surface area contributed by atoms with Crippen LogP contribution in [0.15, 0.2) is 43.0 Å². The van der Waals surface area contributed by atoms with Crippen LogP contribution in [0.1, 0.15) is 32.3 Å². The van der Waals surface area contributed by atoms with Gasteiger partial charge in [-0.3, -0.25) is 4.79 Å². The van der Waals surface area contributed by atoms with Gasteiger partial charge in [0.15, 0.2) is 11.5 Å². The van der Waals surface area contributed by atoms with Gasteiger partial charge < -0.3 is 24.5 Å². The molecule has 0 radical (unpaired) electrons. The quantitative estimate of drug-likeness (QED) is 0.667. The first-order valence-corrected chi connectivity index (χ1v) is 9.91. The van der Waals surface area contributed by atoms with Gasteiger partial charge >= 0.3 is 0 Å². The van der Waals surface area contributed by atoms with Gasteiger partial charge in [0.25, 0.3) is 0 Å². The lowest BCUT2D eigenvalue weighted by atomic mass is 10.1. The molecule has 7 nitrogen and oxygen atoms in total. The van der Waals surface area contributed by atoms with Crippen LogP contribution in [-0.4, -0.2) is 45.9 Å². The number of carbonyl (C=O) groups excluding carboxylic acids is 1. The average Bonchev–Trinajstić information content (AvgIpc) is 3.30. The van der Waals surface area contributed by atoms with Crippen LogP contribution in [0.3, 0.4) is 0 Å². The molecule has 1 aromatic carbocycles. The summed E-state index contributed by atoms with van der Waals surface area (Å²) in [6, 6.07) is 5.29. The summed E-state index contributed by atoms with van der Waals surface area (Å²) in [6.07, 6.45) is 9.55. The van der Waals surface area contributed by atoms with Crippen molar-refractivity contribution >= 4 is 12.0 Å². The molecule has 0 bridgehead atoms. The second-order valence-electron chi connectivity index (χ2n) is 7.69. The van der Waals surface area contributed by atoms with Crippen molar-refractivity contribution in [1.29, 1.82) is 0 Å². The van der Waals surface area contributed by atoms with Crippen LogP contribution >= 0.6 is 0 Å². The normalized spacial score (nSPS) is 21.6. The molecule has 29 heavy (non-hydrogen) atoms. The van der Waals surface area contributed by atoms with Gasteiger partial charge in [-0.25, -0.2) is 4.98 Å². The third-order valence-electron chi connectivity index (χ3n) is 4.96. The van der Waals surface area contributed by atoms with Gasteiger partial charge in [-0.05, 0) is 56.4 Å². The second-order valence-corrected chi connectivity index (χ2v) is 7.69. The number of aliphatic hydroxyl groups is 1. The Bertz CT molecular complexity index is 833. The fourth-order valence-corrected chi connectivity index (χ4v) is 3.66. The minimum absolute atomic E-state index is 0.0477. The lowest BCUT2D eigenvalue weighted by Crippen LogP contribution is -2.39. The third kappa shape index (κ3) is 5.84. The molecule has 1 aliphatic carbocycles. The lowest BCUT2D eigenvalue weighted by molar-refractivity contribution is -0.117. The van der Waals surface area contributed by atoms with Gasteiger partial charge in [0.1, 0.15) is 0 Å². The van der Waals surface area contributed by atoms with E-state index < -0.39 is 6.10 Å². The van der Waals surface area contributed by atoms with E-state index in [9.17, 15) is 9.90 Å². The van der Waals surface area contributed by atoms with Crippen LogP contribution in [0.2, 0.25) is 0 Å². The topological polar surface area (TPSA) is 85.6 Å². The van der Waals surface area contributed by atoms with E-state index in [0.717, 1.165) is 18.5 Å². The van der Waals surface area contributed by atoms with Crippen molar-refractivity contribution in [3.63, 3.8) is 0 Å². The maximum Gasteiger partial charge on any atom is 0.244 e. The first kappa shape index (κ1) is 20.9. The Kier molecular flexibility index (Phi) is 6.93. The van der Waals surface area contributed by atoms with E-state index >= 15 is 0 Å². The molecule has 3 rings (SSSR count). The Balaban J connectivity index is 1.55. The zero-order chi connectivity index (χ0) is 20.8. The highest BCUT2D eigenvalue weighted by Gasteiger charge is 2.33. The van der Waals surface area contributed by atoms with Gasteiger partial charge in [0.05, 0.1) is 31.7 Å². The van der Waals surface area contributed by atoms with E-state index in [4.69, 9.17) is 9.47 Å². The maximum absolute atomic E-state index is 12.3. The second kappa shape index (κ2) is 9.60. The van der Waals surface area contributed by atoms with E-state index in [1.807, 2.05) is 42.8 Å². The summed E-state index contributed by atoms with van der Waals surface area (Å²) in [5.41, 5.74) is 0.832. The minimum Gasteiger partial charge on any atom is -0.493 e. The van der Waals surface area contributed by atoms with Gasteiger partial charge in [0.2, 0.25) is 5.91 Å². The highest BCUT2D eigenvalue weighted by molar-refractivity contribution is 5.92. The zero-order valence-corrected chi connectivity index (χ0v) is 17.1. The standard InChI is InChI=1S/C22H29N3O4/c1-15(2)29-20-6-4-16(12-21(20)28-3)5-7-22(27)24-18-10-17(11-19(18)26)13-25-9-8-23-14-25/h4-9,12,14-15,17-19,26H,10-11,13H2,1-3H3,(H,24,27)/b7-5+/t17?,18-,19-/m1/s1. The molecule has 7 heteroatoms. The molecule has 1 aromatic heterocycles. The summed E-state index contributed by atoms with van der Waals surface area (Å²) in [5, 5.41) is 13.2. The van der Waals surface area contributed by atoms with Crippen LogP contribution in [0, 0.1) is 5.92 Å². The number of benzene rings is 1. The van der Waals surface area contributed by atoms with Gasteiger partial charge in [0, 0.05) is 25.0 Å². The molecule has 2 aromatic rings. The largest absolute Gasteiger partial charge is 0.493 e. The Morgan fingerprint density at radius 3 is 2.90 bits per heavy atom. The monoisotopic (exact) mass is 399 g/mol. The van der Waals surface area contributed by atoms with Gasteiger partial charge in [-0.15, -0.1) is 0 Å². The summed E-state index contributed by atoms with van der Waals surface area (Å²) in [4.78, 5) is 16.4. The number of hydrogen-bond acceptors (Lipinski definition) is 5. The SMILES string of the molecule is COc1cc(/C=C/C(=O)N[C@@H]2CC(Cn3ccnc3)C[C@H]2O)ccc1OC(C)C. The Morgan fingerprint density at radius 1 is 1.38 bits per heavy atom. The van der Waals surface area contributed by atoms with E-state index in [2.05, 4.69) is 10.3 Å². The molecule has 1 heterocycles. The molecule has 0 spiro atoms. The maximum atomic E-state index is 12.3. The Labute approximate surface area is 171 Å². The number of methoxy groups -OCH3 is 1. The van der Waals surface area contributed by atoms with Crippen LogP contribution < -0.4 is 14.8 Å². The molecule has 156 valence electrons. The van der Waals surface area contributed by atoms with Crippen LogP contribution in [-0.2, 0) is 11.3 Å². The number of nitrogens with one attached hydrogen (secondary N) is 1. The fraction of sp³-hybridized carbons (Fsp3) is 0.455. The number of amides is 1. The van der Waals surface area contributed by atoms with E-state index in [-0.39, 0.29) is 18.1 Å². The zero-order valence-electron chi connectivity index (χ0n) is 17.1. The summed E-state index contributed by atoms with van der Waals surface area (Å²) >= 11 is 0.